The molecule has 0 atom stereocenters. The molecule has 122 valence electrons. The van der Waals surface area contributed by atoms with Crippen molar-refractivity contribution in [3.63, 3.8) is 0 Å². The fraction of sp³-hybridized carbons (Fsp3) is 0.214. The van der Waals surface area contributed by atoms with E-state index in [2.05, 4.69) is 21.3 Å². The molecule has 9 heteroatoms. The Bertz CT molecular complexity index is 702. The van der Waals surface area contributed by atoms with E-state index < -0.39 is 5.91 Å². The van der Waals surface area contributed by atoms with Gasteiger partial charge in [0.2, 0.25) is 0 Å². The highest BCUT2D eigenvalue weighted by molar-refractivity contribution is 7.80. The standard InChI is InChI=1S/C14H16FN5O2S/c1-9-12(7-20(2)19-9)16-14(23)18-17-13(21)8-22-11-5-3-10(15)4-6-11/h3-7H,8H2,1-2H3,(H,17,21)(H2,16,18,23). The summed E-state index contributed by atoms with van der Waals surface area (Å²) in [7, 11) is 1.79. The van der Waals surface area contributed by atoms with E-state index in [9.17, 15) is 9.18 Å². The zero-order chi connectivity index (χ0) is 16.8. The molecule has 0 spiro atoms. The number of nitrogens with zero attached hydrogens (tertiary/aromatic N) is 2. The molecule has 1 amide bonds. The zero-order valence-corrected chi connectivity index (χ0v) is 13.4. The molecule has 2 aromatic rings. The molecule has 0 bridgehead atoms. The second-order valence-corrected chi connectivity index (χ2v) is 5.08. The summed E-state index contributed by atoms with van der Waals surface area (Å²) >= 11 is 5.06. The second kappa shape index (κ2) is 7.54. The monoisotopic (exact) mass is 337 g/mol. The van der Waals surface area contributed by atoms with Crippen molar-refractivity contribution in [2.24, 2.45) is 7.05 Å². The number of thiocarbonyl (C=S) groups is 1. The van der Waals surface area contributed by atoms with Crippen molar-refractivity contribution in [3.05, 3.63) is 42.0 Å². The third-order valence-corrected chi connectivity index (χ3v) is 2.96. The molecule has 0 unspecified atom stereocenters. The molecule has 1 heterocycles. The molecular weight excluding hydrogens is 321 g/mol. The van der Waals surface area contributed by atoms with E-state index in [1.165, 1.54) is 24.3 Å². The van der Waals surface area contributed by atoms with E-state index in [1.807, 2.05) is 6.92 Å². The lowest BCUT2D eigenvalue weighted by molar-refractivity contribution is -0.123. The summed E-state index contributed by atoms with van der Waals surface area (Å²) in [6.07, 6.45) is 1.77. The van der Waals surface area contributed by atoms with Gasteiger partial charge in [0.05, 0.1) is 11.4 Å². The Morgan fingerprint density at radius 3 is 2.65 bits per heavy atom. The number of hydrogen-bond donors (Lipinski definition) is 3. The van der Waals surface area contributed by atoms with Crippen molar-refractivity contribution in [1.29, 1.82) is 0 Å². The molecule has 0 aliphatic rings. The number of amides is 1. The Morgan fingerprint density at radius 2 is 2.04 bits per heavy atom. The van der Waals surface area contributed by atoms with Crippen molar-refractivity contribution in [2.45, 2.75) is 6.92 Å². The van der Waals surface area contributed by atoms with E-state index in [4.69, 9.17) is 17.0 Å². The summed E-state index contributed by atoms with van der Waals surface area (Å²) in [5.74, 6) is -0.403. The Hall–Kier alpha value is -2.68. The molecule has 1 aromatic carbocycles. The molecule has 0 fully saturated rings. The van der Waals surface area contributed by atoms with Crippen LogP contribution in [0.15, 0.2) is 30.5 Å². The first kappa shape index (κ1) is 16.7. The van der Waals surface area contributed by atoms with Crippen molar-refractivity contribution in [3.8, 4) is 5.75 Å². The molecule has 1 aromatic heterocycles. The van der Waals surface area contributed by atoms with Crippen LogP contribution in [0.3, 0.4) is 0 Å². The predicted octanol–water partition coefficient (Wildman–Crippen LogP) is 1.26. The van der Waals surface area contributed by atoms with Crippen LogP contribution in [0.5, 0.6) is 5.75 Å². The molecule has 0 aliphatic carbocycles. The van der Waals surface area contributed by atoms with Gasteiger partial charge >= 0.3 is 0 Å². The van der Waals surface area contributed by atoms with Crippen molar-refractivity contribution in [2.75, 3.05) is 11.9 Å². The molecule has 23 heavy (non-hydrogen) atoms. The molecule has 2 rings (SSSR count). The summed E-state index contributed by atoms with van der Waals surface area (Å²) in [6.45, 7) is 1.60. The van der Waals surface area contributed by atoms with Crippen LogP contribution in [-0.4, -0.2) is 27.4 Å². The second-order valence-electron chi connectivity index (χ2n) is 4.67. The number of nitrogens with one attached hydrogen (secondary N) is 3. The van der Waals surface area contributed by atoms with Crippen molar-refractivity contribution in [1.82, 2.24) is 20.6 Å². The average Bonchev–Trinajstić information content (AvgIpc) is 2.82. The summed E-state index contributed by atoms with van der Waals surface area (Å²) in [5, 5.41) is 7.29. The van der Waals surface area contributed by atoms with E-state index in [0.29, 0.717) is 5.75 Å². The van der Waals surface area contributed by atoms with E-state index >= 15 is 0 Å². The predicted molar refractivity (Wildman–Crippen MR) is 87.3 cm³/mol. The highest BCUT2D eigenvalue weighted by Gasteiger charge is 2.07. The largest absolute Gasteiger partial charge is 0.484 e. The number of carbonyl (C=O) groups is 1. The molecule has 7 nitrogen and oxygen atoms in total. The normalized spacial score (nSPS) is 10.0. The number of hydrazine groups is 1. The first-order valence-electron chi connectivity index (χ1n) is 6.68. The highest BCUT2D eigenvalue weighted by Crippen LogP contribution is 2.11. The average molecular weight is 337 g/mol. The fourth-order valence-electron chi connectivity index (χ4n) is 1.72. The maximum atomic E-state index is 12.7. The number of halogens is 1. The SMILES string of the molecule is Cc1nn(C)cc1NC(=S)NNC(=O)COc1ccc(F)cc1. The van der Waals surface area contributed by atoms with Crippen molar-refractivity contribution < 1.29 is 13.9 Å². The van der Waals surface area contributed by atoms with Crippen LogP contribution in [0.2, 0.25) is 0 Å². The van der Waals surface area contributed by atoms with Gasteiger partial charge in [-0.1, -0.05) is 0 Å². The molecule has 0 radical (unpaired) electrons. The summed E-state index contributed by atoms with van der Waals surface area (Å²) in [5.41, 5.74) is 6.47. The van der Waals surface area contributed by atoms with Gasteiger partial charge in [-0.05, 0) is 43.4 Å². The van der Waals surface area contributed by atoms with Crippen LogP contribution in [0.25, 0.3) is 0 Å². The van der Waals surface area contributed by atoms with Crippen LogP contribution in [0.4, 0.5) is 10.1 Å². The number of hydrogen-bond acceptors (Lipinski definition) is 4. The Labute approximate surface area is 137 Å². The Kier molecular flexibility index (Phi) is 5.47. The molecule has 0 saturated carbocycles. The minimum absolute atomic E-state index is 0.219. The van der Waals surface area contributed by atoms with Gasteiger partial charge < -0.3 is 10.1 Å². The molecular formula is C14H16FN5O2S. The van der Waals surface area contributed by atoms with Gasteiger partial charge in [-0.15, -0.1) is 0 Å². The number of ether oxygens (including phenoxy) is 1. The van der Waals surface area contributed by atoms with Crippen LogP contribution in [0, 0.1) is 12.7 Å². The summed E-state index contributed by atoms with van der Waals surface area (Å²) < 4.78 is 19.6. The van der Waals surface area contributed by atoms with Gasteiger partial charge in [0.25, 0.3) is 5.91 Å². The number of aromatic nitrogens is 2. The Balaban J connectivity index is 1.72. The number of benzene rings is 1. The third kappa shape index (κ3) is 5.22. The maximum Gasteiger partial charge on any atom is 0.276 e. The molecule has 3 N–H and O–H groups in total. The van der Waals surface area contributed by atoms with Crippen LogP contribution >= 0.6 is 12.2 Å². The van der Waals surface area contributed by atoms with Gasteiger partial charge in [0, 0.05) is 13.2 Å². The van der Waals surface area contributed by atoms with E-state index in [-0.39, 0.29) is 17.5 Å². The minimum atomic E-state index is -0.429. The lowest BCUT2D eigenvalue weighted by Gasteiger charge is -2.11. The smallest absolute Gasteiger partial charge is 0.276 e. The third-order valence-electron chi connectivity index (χ3n) is 2.76. The van der Waals surface area contributed by atoms with Gasteiger partial charge in [-0.3, -0.25) is 20.3 Å². The van der Waals surface area contributed by atoms with Crippen molar-refractivity contribution >= 4 is 28.9 Å². The lowest BCUT2D eigenvalue weighted by atomic mass is 10.3. The van der Waals surface area contributed by atoms with Crippen LogP contribution < -0.4 is 20.9 Å². The highest BCUT2D eigenvalue weighted by atomic mass is 32.1. The number of aryl methyl sites for hydroxylation is 2. The van der Waals surface area contributed by atoms with Gasteiger partial charge in [0.1, 0.15) is 11.6 Å². The van der Waals surface area contributed by atoms with Gasteiger partial charge in [-0.2, -0.15) is 5.10 Å². The Morgan fingerprint density at radius 1 is 1.35 bits per heavy atom. The number of anilines is 1. The maximum absolute atomic E-state index is 12.7. The molecule has 0 saturated heterocycles. The number of carbonyl (C=O) groups excluding carboxylic acids is 1. The lowest BCUT2D eigenvalue weighted by Crippen LogP contribution is -2.45. The quantitative estimate of drug-likeness (QED) is 0.576. The van der Waals surface area contributed by atoms with Crippen LogP contribution in [-0.2, 0) is 11.8 Å². The number of rotatable bonds is 4. The van der Waals surface area contributed by atoms with Crippen LogP contribution in [0.1, 0.15) is 5.69 Å². The zero-order valence-electron chi connectivity index (χ0n) is 12.6. The van der Waals surface area contributed by atoms with Gasteiger partial charge in [-0.25, -0.2) is 4.39 Å². The van der Waals surface area contributed by atoms with E-state index in [1.54, 1.807) is 17.9 Å². The fourth-order valence-corrected chi connectivity index (χ4v) is 1.88. The summed E-state index contributed by atoms with van der Waals surface area (Å²) in [4.78, 5) is 11.6. The first-order valence-corrected chi connectivity index (χ1v) is 7.09. The van der Waals surface area contributed by atoms with E-state index in [0.717, 1.165) is 11.4 Å². The molecule has 0 aliphatic heterocycles. The minimum Gasteiger partial charge on any atom is -0.484 e. The first-order chi connectivity index (χ1) is 10.9. The summed E-state index contributed by atoms with van der Waals surface area (Å²) in [6, 6.07) is 5.38. The topological polar surface area (TPSA) is 80.2 Å². The van der Waals surface area contributed by atoms with Gasteiger partial charge in [0.15, 0.2) is 11.7 Å².